The summed E-state index contributed by atoms with van der Waals surface area (Å²) in [7, 11) is 0. The van der Waals surface area contributed by atoms with Crippen molar-refractivity contribution in [2.45, 2.75) is 125 Å². The standard InChI is InChI=1S/C79H79N9/c1-14-15-16-27-54(47-74-80-68-32-21-24-35-71(68)86(74)61-41-55(48(2)3)38-56(42-61)49(4)5)75-83-76(64-28-17-19-30-66(64)78-81-69-33-22-25-36-72(69)87(78)62-43-57(50(6)7)39-58(44-62)51(8)9)85-77(84-75)65-29-18-20-31-67(65)79-82-70-34-23-26-37-73(70)88(79)63-45-59(52(10)11)40-60(46-63)53(12)13/h14-46,48-53H,1,47H2,2-13H3/b16-15-,54-27+. The molecule has 12 aromatic rings. The summed E-state index contributed by atoms with van der Waals surface area (Å²) in [6, 6.07) is 63.2. The Hall–Kier alpha value is -9.60. The summed E-state index contributed by atoms with van der Waals surface area (Å²) in [6.45, 7) is 31.3. The van der Waals surface area contributed by atoms with Gasteiger partial charge in [-0.15, -0.1) is 0 Å². The van der Waals surface area contributed by atoms with E-state index in [4.69, 9.17) is 29.9 Å². The van der Waals surface area contributed by atoms with Crippen LogP contribution in [0.2, 0.25) is 0 Å². The summed E-state index contributed by atoms with van der Waals surface area (Å²) in [6.07, 6.45) is 8.26. The molecule has 440 valence electrons. The first-order valence-electron chi connectivity index (χ1n) is 31.3. The molecule has 0 spiro atoms. The normalized spacial score (nSPS) is 12.4. The van der Waals surface area contributed by atoms with Gasteiger partial charge in [-0.05, 0) is 142 Å². The lowest BCUT2D eigenvalue weighted by molar-refractivity contribution is 0.826. The predicted octanol–water partition coefficient (Wildman–Crippen LogP) is 20.7. The van der Waals surface area contributed by atoms with Crippen molar-refractivity contribution in [3.05, 3.63) is 252 Å². The van der Waals surface area contributed by atoms with Gasteiger partial charge in [-0.2, -0.15) is 0 Å². The van der Waals surface area contributed by atoms with E-state index in [2.05, 4.69) is 285 Å². The SMILES string of the molecule is C=C/C=C\C=C(/Cc1nc2ccccc2n1-c1cc(C(C)C)cc(C(C)C)c1)c1nc(-c2ccccc2-c2nc3ccccc3n2-c2cc(C(C)C)cc(C(C)C)c2)nc(-c2ccccc2-c2nc3ccccc3n2-c2cc(C(C)C)cc(C(C)C)c2)n1. The van der Waals surface area contributed by atoms with Gasteiger partial charge in [-0.25, -0.2) is 29.9 Å². The summed E-state index contributed by atoms with van der Waals surface area (Å²) in [5.74, 6) is 5.85. The Morgan fingerprint density at radius 1 is 0.364 bits per heavy atom. The fraction of sp³-hybridized carbons (Fsp3) is 0.241. The lowest BCUT2D eigenvalue weighted by Crippen LogP contribution is -2.09. The Kier molecular flexibility index (Phi) is 16.5. The average Bonchev–Trinajstić information content (AvgIpc) is 1.62. The highest BCUT2D eigenvalue weighted by molar-refractivity contribution is 5.90. The van der Waals surface area contributed by atoms with Crippen molar-refractivity contribution in [2.75, 3.05) is 0 Å². The molecule has 0 radical (unpaired) electrons. The quantitative estimate of drug-likeness (QED) is 0.0795. The van der Waals surface area contributed by atoms with Crippen molar-refractivity contribution >= 4 is 38.7 Å². The first kappa shape index (κ1) is 58.8. The minimum absolute atomic E-state index is 0.315. The van der Waals surface area contributed by atoms with Crippen LogP contribution in [0.4, 0.5) is 0 Å². The lowest BCUT2D eigenvalue weighted by Gasteiger charge is -2.19. The molecule has 0 aliphatic carbocycles. The van der Waals surface area contributed by atoms with E-state index in [-0.39, 0.29) is 0 Å². The second-order valence-electron chi connectivity index (χ2n) is 25.3. The molecular weight excluding hydrogens is 1070 g/mol. The molecule has 0 N–H and O–H groups in total. The number of imidazole rings is 3. The predicted molar refractivity (Wildman–Crippen MR) is 367 cm³/mol. The molecule has 0 unspecified atom stereocenters. The van der Waals surface area contributed by atoms with Gasteiger partial charge in [-0.1, -0.05) is 217 Å². The van der Waals surface area contributed by atoms with E-state index in [0.717, 1.165) is 95.5 Å². The van der Waals surface area contributed by atoms with E-state index in [1.54, 1.807) is 6.08 Å². The van der Waals surface area contributed by atoms with Crippen LogP contribution in [-0.2, 0) is 6.42 Å². The third-order valence-corrected chi connectivity index (χ3v) is 17.0. The summed E-state index contributed by atoms with van der Waals surface area (Å²) in [5.41, 5.74) is 20.8. The second kappa shape index (κ2) is 24.6. The first-order valence-corrected chi connectivity index (χ1v) is 31.3. The van der Waals surface area contributed by atoms with Crippen LogP contribution in [0, 0.1) is 0 Å². The number of hydrogen-bond acceptors (Lipinski definition) is 6. The fourth-order valence-corrected chi connectivity index (χ4v) is 11.9. The summed E-state index contributed by atoms with van der Waals surface area (Å²) >= 11 is 0. The van der Waals surface area contributed by atoms with Gasteiger partial charge in [0.2, 0.25) is 0 Å². The van der Waals surface area contributed by atoms with E-state index >= 15 is 0 Å². The molecule has 0 aliphatic rings. The Morgan fingerprint density at radius 3 is 1.07 bits per heavy atom. The number of para-hydroxylation sites is 6. The van der Waals surface area contributed by atoms with Gasteiger partial charge in [0.15, 0.2) is 17.5 Å². The van der Waals surface area contributed by atoms with E-state index < -0.39 is 0 Å². The van der Waals surface area contributed by atoms with Crippen molar-refractivity contribution in [1.29, 1.82) is 0 Å². The average molecular weight is 1150 g/mol. The summed E-state index contributed by atoms with van der Waals surface area (Å²) in [5, 5.41) is 0. The minimum atomic E-state index is 0.315. The Morgan fingerprint density at radius 2 is 0.693 bits per heavy atom. The molecule has 0 fully saturated rings. The number of allylic oxidation sites excluding steroid dienone is 5. The van der Waals surface area contributed by atoms with Gasteiger partial charge in [0.25, 0.3) is 0 Å². The monoisotopic (exact) mass is 1150 g/mol. The Balaban J connectivity index is 1.13. The fourth-order valence-electron chi connectivity index (χ4n) is 11.9. The van der Waals surface area contributed by atoms with E-state index in [1.807, 2.05) is 12.2 Å². The van der Waals surface area contributed by atoms with Crippen LogP contribution in [-0.4, -0.2) is 43.6 Å². The highest BCUT2D eigenvalue weighted by Crippen LogP contribution is 2.41. The van der Waals surface area contributed by atoms with Crippen molar-refractivity contribution in [3.8, 4) is 62.6 Å². The zero-order valence-electron chi connectivity index (χ0n) is 53.0. The molecule has 88 heavy (non-hydrogen) atoms. The maximum Gasteiger partial charge on any atom is 0.164 e. The van der Waals surface area contributed by atoms with E-state index in [9.17, 15) is 0 Å². The van der Waals surface area contributed by atoms with Gasteiger partial charge in [0.05, 0.1) is 33.1 Å². The number of hydrogen-bond donors (Lipinski definition) is 0. The zero-order chi connectivity index (χ0) is 61.5. The molecule has 8 aromatic carbocycles. The third-order valence-electron chi connectivity index (χ3n) is 17.0. The molecule has 9 nitrogen and oxygen atoms in total. The maximum atomic E-state index is 5.67. The number of nitrogens with zero attached hydrogens (tertiary/aromatic N) is 9. The van der Waals surface area contributed by atoms with Crippen molar-refractivity contribution in [1.82, 2.24) is 43.6 Å². The van der Waals surface area contributed by atoms with Gasteiger partial charge in [0, 0.05) is 51.3 Å². The molecule has 12 rings (SSSR count). The number of aromatic nitrogens is 9. The highest BCUT2D eigenvalue weighted by Gasteiger charge is 2.27. The largest absolute Gasteiger partial charge is 0.296 e. The molecule has 0 bridgehead atoms. The Labute approximate surface area is 519 Å². The Bertz CT molecular complexity index is 4370. The van der Waals surface area contributed by atoms with Crippen LogP contribution in [0.25, 0.3) is 101 Å². The molecule has 0 atom stereocenters. The molecule has 0 saturated heterocycles. The molecule has 0 saturated carbocycles. The van der Waals surface area contributed by atoms with Crippen molar-refractivity contribution in [3.63, 3.8) is 0 Å². The number of rotatable bonds is 18. The van der Waals surface area contributed by atoms with Gasteiger partial charge in [-0.3, -0.25) is 13.7 Å². The van der Waals surface area contributed by atoms with E-state index in [0.29, 0.717) is 59.4 Å². The van der Waals surface area contributed by atoms with Crippen molar-refractivity contribution in [2.24, 2.45) is 0 Å². The van der Waals surface area contributed by atoms with Crippen LogP contribution in [0.3, 0.4) is 0 Å². The van der Waals surface area contributed by atoms with Crippen molar-refractivity contribution < 1.29 is 0 Å². The van der Waals surface area contributed by atoms with Crippen LogP contribution in [0.15, 0.2) is 207 Å². The topological polar surface area (TPSA) is 92.1 Å². The molecule has 4 heterocycles. The van der Waals surface area contributed by atoms with Crippen LogP contribution < -0.4 is 0 Å². The van der Waals surface area contributed by atoms with Gasteiger partial charge < -0.3 is 0 Å². The minimum Gasteiger partial charge on any atom is -0.296 e. The second-order valence-corrected chi connectivity index (χ2v) is 25.3. The highest BCUT2D eigenvalue weighted by atomic mass is 15.1. The lowest BCUT2D eigenvalue weighted by atomic mass is 9.94. The third kappa shape index (κ3) is 11.5. The first-order chi connectivity index (χ1) is 42.5. The molecule has 9 heteroatoms. The zero-order valence-corrected chi connectivity index (χ0v) is 53.0. The summed E-state index contributed by atoms with van der Waals surface area (Å²) in [4.78, 5) is 33.5. The number of benzene rings is 8. The summed E-state index contributed by atoms with van der Waals surface area (Å²) < 4.78 is 6.98. The van der Waals surface area contributed by atoms with Crippen LogP contribution in [0.5, 0.6) is 0 Å². The van der Waals surface area contributed by atoms with Crippen LogP contribution >= 0.6 is 0 Å². The molecule has 4 aromatic heterocycles. The molecule has 0 amide bonds. The van der Waals surface area contributed by atoms with Crippen LogP contribution in [0.1, 0.15) is 164 Å². The maximum absolute atomic E-state index is 5.67. The van der Waals surface area contributed by atoms with E-state index in [1.165, 1.54) is 33.4 Å². The smallest absolute Gasteiger partial charge is 0.164 e. The van der Waals surface area contributed by atoms with Gasteiger partial charge >= 0.3 is 0 Å². The number of fused-ring (bicyclic) bond motifs is 3. The molecular formula is C79H79N9. The van der Waals surface area contributed by atoms with Gasteiger partial charge in [0.1, 0.15) is 17.5 Å². The molecule has 0 aliphatic heterocycles.